The quantitative estimate of drug-likeness (QED) is 0.0413. The largest absolute Gasteiger partial charge is 0.507 e. The van der Waals surface area contributed by atoms with E-state index in [4.69, 9.17) is 42.1 Å². The molecule has 1 amide bonds. The summed E-state index contributed by atoms with van der Waals surface area (Å²) in [6, 6.07) is 14.2. The fourth-order valence-electron chi connectivity index (χ4n) is 5.13. The Balaban J connectivity index is 1.40. The molecule has 10 nitrogen and oxygen atoms in total. The number of amides is 1. The number of unbranched alkanes of at least 4 members (excludes halogenated alkanes) is 1. The molecule has 1 fully saturated rings. The van der Waals surface area contributed by atoms with Gasteiger partial charge in [0.15, 0.2) is 27.3 Å². The van der Waals surface area contributed by atoms with Crippen molar-refractivity contribution in [2.45, 2.75) is 35.9 Å². The molecule has 1 aromatic heterocycles. The second-order valence-corrected chi connectivity index (χ2v) is 13.5. The van der Waals surface area contributed by atoms with E-state index in [-0.39, 0.29) is 22.0 Å². The number of aromatic nitrogens is 2. The molecule has 3 heterocycles. The number of thioether (sulfide) groups is 1. The molecule has 0 spiro atoms. The Morgan fingerprint density at radius 2 is 1.85 bits per heavy atom. The first kappa shape index (κ1) is 33.0. The number of fused-ring (bicyclic) bond motifs is 1. The molecule has 4 aromatic rings. The maximum atomic E-state index is 13.8. The van der Waals surface area contributed by atoms with Crippen molar-refractivity contribution in [3.8, 4) is 23.0 Å². The number of ketones is 1. The summed E-state index contributed by atoms with van der Waals surface area (Å²) in [6.45, 7) is 3.31. The van der Waals surface area contributed by atoms with Crippen LogP contribution in [-0.4, -0.2) is 53.9 Å². The third-order valence-electron chi connectivity index (χ3n) is 7.49. The van der Waals surface area contributed by atoms with Crippen LogP contribution in [0.1, 0.15) is 42.5 Å². The zero-order valence-corrected chi connectivity index (χ0v) is 28.5. The van der Waals surface area contributed by atoms with E-state index >= 15 is 0 Å². The predicted molar refractivity (Wildman–Crippen MR) is 182 cm³/mol. The topological polar surface area (TPSA) is 120 Å². The van der Waals surface area contributed by atoms with Crippen molar-refractivity contribution in [1.82, 2.24) is 10.2 Å². The number of halogens is 2. The highest BCUT2D eigenvalue weighted by Gasteiger charge is 2.48. The first-order chi connectivity index (χ1) is 22.8. The fraction of sp³-hybridized carbons (Fsp3) is 0.273. The highest BCUT2D eigenvalue weighted by atomic mass is 35.5. The Bertz CT molecular complexity index is 1870. The molecule has 0 bridgehead atoms. The second-order valence-electron chi connectivity index (χ2n) is 10.5. The van der Waals surface area contributed by atoms with Gasteiger partial charge < -0.3 is 24.1 Å². The number of hydrogen-bond acceptors (Lipinski definition) is 11. The van der Waals surface area contributed by atoms with Gasteiger partial charge in [0.1, 0.15) is 19.0 Å². The van der Waals surface area contributed by atoms with Gasteiger partial charge in [-0.05, 0) is 60.0 Å². The number of rotatable bonds is 11. The van der Waals surface area contributed by atoms with Crippen LogP contribution in [0, 0.1) is 0 Å². The van der Waals surface area contributed by atoms with Crippen molar-refractivity contribution in [2.24, 2.45) is 0 Å². The molecule has 1 atom stereocenters. The van der Waals surface area contributed by atoms with Crippen LogP contribution in [0.25, 0.3) is 5.76 Å². The second kappa shape index (κ2) is 14.4. The molecule has 2 aliphatic rings. The van der Waals surface area contributed by atoms with E-state index in [0.717, 1.165) is 29.7 Å². The summed E-state index contributed by atoms with van der Waals surface area (Å²) in [7, 11) is 1.51. The standard InChI is InChI=1S/C33H29Cl2N3O7S2/c1-3-4-11-43-23-9-6-18(14-25(23)42-2)28-27(29(39)19-7-10-24-26(15-19)45-13-12-44-24)30(40)31(41)38(28)32-36-37-33(47-32)46-17-20-5-8-21(34)16-22(20)35/h5-10,14-16,28,39H,3-4,11-13,17H2,1-2H3/b29-27+. The number of Topliss-reactive ketones (excluding diaryl/α,β-unsaturated/α-hetero) is 1. The van der Waals surface area contributed by atoms with Gasteiger partial charge in [-0.2, -0.15) is 0 Å². The van der Waals surface area contributed by atoms with Gasteiger partial charge >= 0.3 is 5.91 Å². The number of ether oxygens (including phenoxy) is 4. The van der Waals surface area contributed by atoms with Crippen molar-refractivity contribution in [2.75, 3.05) is 31.8 Å². The van der Waals surface area contributed by atoms with Crippen LogP contribution in [0.2, 0.25) is 10.0 Å². The van der Waals surface area contributed by atoms with E-state index in [1.54, 1.807) is 48.5 Å². The van der Waals surface area contributed by atoms with Crippen LogP contribution in [0.15, 0.2) is 64.5 Å². The number of carbonyl (C=O) groups excluding carboxylic acids is 2. The minimum absolute atomic E-state index is 0.120. The lowest BCUT2D eigenvalue weighted by Crippen LogP contribution is -2.29. The Morgan fingerprint density at radius 1 is 1.04 bits per heavy atom. The number of hydrogen-bond donors (Lipinski definition) is 1. The summed E-state index contributed by atoms with van der Waals surface area (Å²) in [5.41, 5.74) is 1.52. The Kier molecular flexibility index (Phi) is 10.1. The molecule has 1 unspecified atom stereocenters. The molecule has 0 saturated carbocycles. The van der Waals surface area contributed by atoms with Gasteiger partial charge in [-0.1, -0.05) is 71.8 Å². The van der Waals surface area contributed by atoms with E-state index in [1.165, 1.54) is 23.8 Å². The van der Waals surface area contributed by atoms with Crippen LogP contribution in [0.3, 0.4) is 0 Å². The minimum atomic E-state index is -1.06. The maximum absolute atomic E-state index is 13.8. The van der Waals surface area contributed by atoms with E-state index in [0.29, 0.717) is 68.5 Å². The van der Waals surface area contributed by atoms with Gasteiger partial charge in [0, 0.05) is 21.4 Å². The number of carbonyl (C=O) groups is 2. The SMILES string of the molecule is CCCCOc1ccc(C2/C(=C(\O)c3ccc4c(c3)OCCO4)C(=O)C(=O)N2c2nnc(SCc3ccc(Cl)cc3Cl)s2)cc1OC. The molecule has 47 heavy (non-hydrogen) atoms. The summed E-state index contributed by atoms with van der Waals surface area (Å²) in [5.74, 6) is 0.257. The average molecular weight is 715 g/mol. The normalized spacial score (nSPS) is 16.9. The summed E-state index contributed by atoms with van der Waals surface area (Å²) in [5, 5.41) is 21.5. The van der Waals surface area contributed by atoms with Gasteiger partial charge in [0.05, 0.1) is 25.3 Å². The Labute approximate surface area is 289 Å². The van der Waals surface area contributed by atoms with Crippen LogP contribution in [-0.2, 0) is 15.3 Å². The first-order valence-corrected chi connectivity index (χ1v) is 17.3. The molecule has 0 aliphatic carbocycles. The molecular formula is C33H29Cl2N3O7S2. The summed E-state index contributed by atoms with van der Waals surface area (Å²) in [6.07, 6.45) is 1.83. The smallest absolute Gasteiger partial charge is 0.301 e. The number of methoxy groups -OCH3 is 1. The molecule has 244 valence electrons. The molecule has 3 aromatic carbocycles. The van der Waals surface area contributed by atoms with Crippen molar-refractivity contribution >= 4 is 68.9 Å². The average Bonchev–Trinajstić information content (AvgIpc) is 3.65. The van der Waals surface area contributed by atoms with E-state index in [9.17, 15) is 14.7 Å². The lowest BCUT2D eigenvalue weighted by molar-refractivity contribution is -0.132. The predicted octanol–water partition coefficient (Wildman–Crippen LogP) is 7.72. The van der Waals surface area contributed by atoms with E-state index in [1.807, 2.05) is 6.07 Å². The van der Waals surface area contributed by atoms with Gasteiger partial charge in [-0.15, -0.1) is 10.2 Å². The molecule has 0 radical (unpaired) electrons. The molecular weight excluding hydrogens is 685 g/mol. The van der Waals surface area contributed by atoms with Crippen LogP contribution < -0.4 is 23.8 Å². The number of aliphatic hydroxyl groups is 1. The van der Waals surface area contributed by atoms with E-state index < -0.39 is 17.7 Å². The van der Waals surface area contributed by atoms with Crippen molar-refractivity contribution in [3.05, 3.63) is 86.9 Å². The van der Waals surface area contributed by atoms with Gasteiger partial charge in [-0.3, -0.25) is 14.5 Å². The maximum Gasteiger partial charge on any atom is 0.301 e. The van der Waals surface area contributed by atoms with Crippen LogP contribution in [0.4, 0.5) is 5.13 Å². The monoisotopic (exact) mass is 713 g/mol. The lowest BCUT2D eigenvalue weighted by Gasteiger charge is -2.24. The van der Waals surface area contributed by atoms with Crippen LogP contribution in [0.5, 0.6) is 23.0 Å². The van der Waals surface area contributed by atoms with Crippen molar-refractivity contribution in [3.63, 3.8) is 0 Å². The third kappa shape index (κ3) is 6.87. The van der Waals surface area contributed by atoms with E-state index in [2.05, 4.69) is 17.1 Å². The number of anilines is 1. The Hall–Kier alpha value is -3.97. The van der Waals surface area contributed by atoms with Crippen molar-refractivity contribution in [1.29, 1.82) is 0 Å². The summed E-state index contributed by atoms with van der Waals surface area (Å²) in [4.78, 5) is 28.8. The molecule has 14 heteroatoms. The molecule has 2 aliphatic heterocycles. The molecule has 1 saturated heterocycles. The molecule has 1 N–H and O–H groups in total. The highest BCUT2D eigenvalue weighted by molar-refractivity contribution is 8.00. The Morgan fingerprint density at radius 3 is 2.62 bits per heavy atom. The minimum Gasteiger partial charge on any atom is -0.507 e. The van der Waals surface area contributed by atoms with Gasteiger partial charge in [0.25, 0.3) is 5.78 Å². The zero-order valence-electron chi connectivity index (χ0n) is 25.3. The van der Waals surface area contributed by atoms with Gasteiger partial charge in [-0.25, -0.2) is 0 Å². The number of nitrogens with zero attached hydrogens (tertiary/aromatic N) is 3. The third-order valence-corrected chi connectivity index (χ3v) is 10.2. The lowest BCUT2D eigenvalue weighted by atomic mass is 9.95. The summed E-state index contributed by atoms with van der Waals surface area (Å²) < 4.78 is 23.4. The molecule has 6 rings (SSSR count). The van der Waals surface area contributed by atoms with Crippen LogP contribution >= 0.6 is 46.3 Å². The summed E-state index contributed by atoms with van der Waals surface area (Å²) >= 11 is 14.9. The number of aliphatic hydroxyl groups excluding tert-OH is 1. The number of benzene rings is 3. The first-order valence-electron chi connectivity index (χ1n) is 14.7. The fourth-order valence-corrected chi connectivity index (χ4v) is 7.55. The van der Waals surface area contributed by atoms with Crippen molar-refractivity contribution < 1.29 is 33.6 Å². The van der Waals surface area contributed by atoms with Gasteiger partial charge in [0.2, 0.25) is 5.13 Å². The zero-order chi connectivity index (χ0) is 33.1. The highest BCUT2D eigenvalue weighted by Crippen LogP contribution is 2.46.